The summed E-state index contributed by atoms with van der Waals surface area (Å²) < 4.78 is 5.47. The van der Waals surface area contributed by atoms with Crippen LogP contribution in [0.3, 0.4) is 0 Å². The lowest BCUT2D eigenvalue weighted by Gasteiger charge is -2.25. The van der Waals surface area contributed by atoms with Gasteiger partial charge in [0.1, 0.15) is 5.75 Å². The van der Waals surface area contributed by atoms with Crippen LogP contribution in [0.5, 0.6) is 5.75 Å². The monoisotopic (exact) mass is 407 g/mol. The maximum Gasteiger partial charge on any atom is 0.335 e. The van der Waals surface area contributed by atoms with E-state index in [4.69, 9.17) is 4.74 Å². The van der Waals surface area contributed by atoms with Crippen molar-refractivity contribution in [2.75, 3.05) is 13.7 Å². The highest BCUT2D eigenvalue weighted by Crippen LogP contribution is 2.36. The molecule has 154 valence electrons. The highest BCUT2D eigenvalue weighted by atomic mass is 16.5. The van der Waals surface area contributed by atoms with Crippen LogP contribution in [0.4, 0.5) is 0 Å². The van der Waals surface area contributed by atoms with Gasteiger partial charge in [-0.1, -0.05) is 12.1 Å². The molecule has 1 saturated heterocycles. The number of aromatic nitrogens is 2. The summed E-state index contributed by atoms with van der Waals surface area (Å²) in [5, 5.41) is 26.2. The molecule has 0 spiro atoms. The van der Waals surface area contributed by atoms with Crippen LogP contribution in [0.1, 0.15) is 38.7 Å². The van der Waals surface area contributed by atoms with Crippen LogP contribution in [0.2, 0.25) is 0 Å². The third-order valence-corrected chi connectivity index (χ3v) is 5.32. The smallest absolute Gasteiger partial charge is 0.335 e. The third-order valence-electron chi connectivity index (χ3n) is 5.32. The first kappa shape index (κ1) is 19.7. The lowest BCUT2D eigenvalue weighted by Crippen LogP contribution is -2.31. The molecule has 1 amide bonds. The Labute approximate surface area is 172 Å². The van der Waals surface area contributed by atoms with Crippen LogP contribution < -0.4 is 4.74 Å². The van der Waals surface area contributed by atoms with E-state index in [-0.39, 0.29) is 18.0 Å². The summed E-state index contributed by atoms with van der Waals surface area (Å²) in [4.78, 5) is 26.2. The maximum absolute atomic E-state index is 13.3. The van der Waals surface area contributed by atoms with Crippen molar-refractivity contribution >= 4 is 11.9 Å². The molecule has 3 N–H and O–H groups in total. The fourth-order valence-corrected chi connectivity index (χ4v) is 3.86. The Morgan fingerprint density at radius 1 is 1.20 bits per heavy atom. The Morgan fingerprint density at radius 2 is 2.03 bits per heavy atom. The molecule has 1 fully saturated rings. The zero-order chi connectivity index (χ0) is 21.3. The number of nitrogens with one attached hydrogen (secondary N) is 1. The minimum Gasteiger partial charge on any atom is -0.496 e. The van der Waals surface area contributed by atoms with Gasteiger partial charge in [-0.2, -0.15) is 5.10 Å². The van der Waals surface area contributed by atoms with Gasteiger partial charge in [-0.05, 0) is 42.3 Å². The summed E-state index contributed by atoms with van der Waals surface area (Å²) in [7, 11) is 1.53. The van der Waals surface area contributed by atoms with E-state index in [2.05, 4.69) is 10.2 Å². The van der Waals surface area contributed by atoms with Crippen LogP contribution in [-0.4, -0.2) is 56.9 Å². The Kier molecular flexibility index (Phi) is 5.24. The highest BCUT2D eigenvalue weighted by Gasteiger charge is 2.36. The number of H-pyrrole nitrogens is 1. The second-order valence-electron chi connectivity index (χ2n) is 7.20. The van der Waals surface area contributed by atoms with Crippen LogP contribution in [0, 0.1) is 0 Å². The van der Waals surface area contributed by atoms with Crippen molar-refractivity contribution in [3.05, 3.63) is 71.5 Å². The Hall–Kier alpha value is -3.65. The van der Waals surface area contributed by atoms with Gasteiger partial charge < -0.3 is 19.8 Å². The molecule has 0 aliphatic carbocycles. The van der Waals surface area contributed by atoms with E-state index in [0.717, 1.165) is 11.1 Å². The van der Waals surface area contributed by atoms with Gasteiger partial charge in [0.2, 0.25) is 0 Å². The number of ether oxygens (including phenoxy) is 1. The molecule has 1 aliphatic rings. The van der Waals surface area contributed by atoms with Gasteiger partial charge in [-0.25, -0.2) is 4.79 Å². The number of carboxylic acid groups (broad SMARTS) is 1. The number of benzene rings is 2. The normalized spacial score (nSPS) is 18.4. The van der Waals surface area contributed by atoms with Crippen LogP contribution in [0.15, 0.2) is 54.9 Å². The lowest BCUT2D eigenvalue weighted by molar-refractivity contribution is 0.0696. The van der Waals surface area contributed by atoms with Crippen molar-refractivity contribution in [1.29, 1.82) is 0 Å². The van der Waals surface area contributed by atoms with E-state index in [1.807, 2.05) is 0 Å². The molecule has 30 heavy (non-hydrogen) atoms. The van der Waals surface area contributed by atoms with E-state index < -0.39 is 18.1 Å². The number of likely N-dealkylation sites (tertiary alicyclic amines) is 1. The minimum absolute atomic E-state index is 0.146. The van der Waals surface area contributed by atoms with Crippen molar-refractivity contribution in [2.24, 2.45) is 0 Å². The molecule has 1 aromatic heterocycles. The summed E-state index contributed by atoms with van der Waals surface area (Å²) in [6.45, 7) is 0.173. The Balaban J connectivity index is 1.66. The summed E-state index contributed by atoms with van der Waals surface area (Å²) in [6, 6.07) is 11.2. The average Bonchev–Trinajstić information content (AvgIpc) is 3.42. The summed E-state index contributed by atoms with van der Waals surface area (Å²) in [6.07, 6.45) is 3.07. The predicted octanol–water partition coefficient (Wildman–Crippen LogP) is 2.73. The quantitative estimate of drug-likeness (QED) is 0.599. The SMILES string of the molecule is COc1cc(C(=O)N2CC(O)C[C@@H]2c2cccc(C(=O)O)c2)ccc1-c1cn[nH]c1. The van der Waals surface area contributed by atoms with Crippen molar-refractivity contribution < 1.29 is 24.5 Å². The van der Waals surface area contributed by atoms with Gasteiger partial charge in [0, 0.05) is 29.4 Å². The molecule has 4 rings (SSSR count). The number of rotatable bonds is 5. The van der Waals surface area contributed by atoms with Crippen molar-refractivity contribution in [3.8, 4) is 16.9 Å². The largest absolute Gasteiger partial charge is 0.496 e. The number of methoxy groups -OCH3 is 1. The molecule has 1 aliphatic heterocycles. The fraction of sp³-hybridized carbons (Fsp3) is 0.227. The number of aliphatic hydroxyl groups excluding tert-OH is 1. The minimum atomic E-state index is -1.03. The van der Waals surface area contributed by atoms with Gasteiger partial charge in [0.15, 0.2) is 0 Å². The molecule has 0 radical (unpaired) electrons. The standard InChI is InChI=1S/C22H21N3O5/c1-30-20-8-14(5-6-18(20)16-10-23-24-11-16)21(27)25-12-17(26)9-19(25)13-3-2-4-15(7-13)22(28)29/h2-8,10-11,17,19,26H,9,12H2,1H3,(H,23,24)(H,28,29)/t17?,19-/m1/s1. The second kappa shape index (κ2) is 8.00. The van der Waals surface area contributed by atoms with Crippen molar-refractivity contribution in [3.63, 3.8) is 0 Å². The number of aromatic amines is 1. The van der Waals surface area contributed by atoms with Gasteiger partial charge >= 0.3 is 5.97 Å². The fourth-order valence-electron chi connectivity index (χ4n) is 3.86. The number of hydrogen-bond acceptors (Lipinski definition) is 5. The van der Waals surface area contributed by atoms with E-state index in [0.29, 0.717) is 23.3 Å². The number of β-amino-alcohol motifs (C(OH)–C–C–N with tert-alkyl or cyclic N) is 1. The van der Waals surface area contributed by atoms with Crippen molar-refractivity contribution in [2.45, 2.75) is 18.6 Å². The Morgan fingerprint density at radius 3 is 2.73 bits per heavy atom. The summed E-state index contributed by atoms with van der Waals surface area (Å²) in [5.41, 5.74) is 2.89. The van der Waals surface area contributed by atoms with Gasteiger partial charge in [0.05, 0.1) is 31.0 Å². The van der Waals surface area contributed by atoms with Gasteiger partial charge in [0.25, 0.3) is 5.91 Å². The third kappa shape index (κ3) is 3.65. The van der Waals surface area contributed by atoms with Crippen molar-refractivity contribution in [1.82, 2.24) is 15.1 Å². The first-order valence-electron chi connectivity index (χ1n) is 9.47. The Bertz CT molecular complexity index is 1080. The van der Waals surface area contributed by atoms with Crippen LogP contribution >= 0.6 is 0 Å². The van der Waals surface area contributed by atoms with E-state index in [1.165, 1.54) is 13.2 Å². The zero-order valence-electron chi connectivity index (χ0n) is 16.3. The molecule has 2 aromatic carbocycles. The molecular formula is C22H21N3O5. The molecule has 8 heteroatoms. The number of carboxylic acids is 1. The van der Waals surface area contributed by atoms with Gasteiger partial charge in [-0.3, -0.25) is 9.89 Å². The molecular weight excluding hydrogens is 386 g/mol. The second-order valence-corrected chi connectivity index (χ2v) is 7.20. The topological polar surface area (TPSA) is 116 Å². The average molecular weight is 407 g/mol. The number of aliphatic hydroxyl groups is 1. The first-order valence-corrected chi connectivity index (χ1v) is 9.47. The number of carbonyl (C=O) groups is 2. The summed E-state index contributed by atoms with van der Waals surface area (Å²) >= 11 is 0. The number of amides is 1. The number of nitrogens with zero attached hydrogens (tertiary/aromatic N) is 2. The lowest BCUT2D eigenvalue weighted by atomic mass is 10.0. The van der Waals surface area contributed by atoms with E-state index in [9.17, 15) is 19.8 Å². The van der Waals surface area contributed by atoms with E-state index >= 15 is 0 Å². The van der Waals surface area contributed by atoms with Gasteiger partial charge in [-0.15, -0.1) is 0 Å². The van der Waals surface area contributed by atoms with Crippen LogP contribution in [0.25, 0.3) is 11.1 Å². The highest BCUT2D eigenvalue weighted by molar-refractivity contribution is 5.96. The zero-order valence-corrected chi connectivity index (χ0v) is 16.3. The number of hydrogen-bond donors (Lipinski definition) is 3. The molecule has 8 nitrogen and oxygen atoms in total. The number of aromatic carboxylic acids is 1. The molecule has 2 atom stereocenters. The first-order chi connectivity index (χ1) is 14.5. The molecule has 0 bridgehead atoms. The van der Waals surface area contributed by atoms with Crippen LogP contribution in [-0.2, 0) is 0 Å². The molecule has 0 saturated carbocycles. The molecule has 2 heterocycles. The molecule has 3 aromatic rings. The predicted molar refractivity (Wildman–Crippen MR) is 108 cm³/mol. The summed E-state index contributed by atoms with van der Waals surface area (Å²) in [5.74, 6) is -0.756. The van der Waals surface area contributed by atoms with E-state index in [1.54, 1.807) is 53.7 Å². The number of carbonyl (C=O) groups excluding carboxylic acids is 1. The molecule has 1 unspecified atom stereocenters. The maximum atomic E-state index is 13.3.